The Morgan fingerprint density at radius 3 is 1.17 bits per heavy atom. The second kappa shape index (κ2) is 4.50. The van der Waals surface area contributed by atoms with E-state index >= 15 is 0 Å². The van der Waals surface area contributed by atoms with Gasteiger partial charge in [-0.15, -0.1) is 36.6 Å². The summed E-state index contributed by atoms with van der Waals surface area (Å²) >= 11 is 0. The van der Waals surface area contributed by atoms with Crippen LogP contribution >= 0.6 is 0 Å². The van der Waals surface area contributed by atoms with Crippen LogP contribution in [-0.4, -0.2) is 12.6 Å². The lowest BCUT2D eigenvalue weighted by molar-refractivity contribution is -0.161. The highest BCUT2D eigenvalue weighted by molar-refractivity contribution is 5.69. The van der Waals surface area contributed by atoms with E-state index < -0.39 is 34.2 Å². The summed E-state index contributed by atoms with van der Waals surface area (Å²) in [4.78, 5) is 0. The predicted molar refractivity (Wildman–Crippen MR) is 45.7 cm³/mol. The van der Waals surface area contributed by atoms with Gasteiger partial charge in [-0.2, -0.15) is 0 Å². The third-order valence-corrected chi connectivity index (χ3v) is 1.75. The van der Waals surface area contributed by atoms with Gasteiger partial charge in [-0.25, -0.2) is 0 Å². The van der Waals surface area contributed by atoms with Crippen molar-refractivity contribution in [3.63, 3.8) is 0 Å². The van der Waals surface area contributed by atoms with Crippen LogP contribution in [0.3, 0.4) is 0 Å². The number of hydrogen-bond donors (Lipinski definition) is 0. The number of rotatable bonds is 2. The van der Waals surface area contributed by atoms with E-state index in [1.165, 1.54) is 0 Å². The van der Waals surface area contributed by atoms with Gasteiger partial charge in [0.15, 0.2) is 0 Å². The number of para-hydroxylation sites is 2. The van der Waals surface area contributed by atoms with Gasteiger partial charge in [-0.05, 0) is 12.1 Å². The number of nitrogens with zero attached hydrogens (tertiary/aromatic N) is 2. The lowest BCUT2D eigenvalue weighted by Crippen LogP contribution is -2.35. The minimum atomic E-state index is -5.58. The van der Waals surface area contributed by atoms with Gasteiger partial charge < -0.3 is 0 Å². The van der Waals surface area contributed by atoms with Crippen molar-refractivity contribution in [1.82, 2.24) is 0 Å². The molecular formula is C8H4F8N2. The van der Waals surface area contributed by atoms with E-state index in [9.17, 15) is 35.3 Å². The monoisotopic (exact) mass is 280 g/mol. The molecule has 0 fully saturated rings. The minimum absolute atomic E-state index is 0.362. The lowest BCUT2D eigenvalue weighted by atomic mass is 10.2. The summed E-state index contributed by atoms with van der Waals surface area (Å²) < 4.78 is 97.6. The molecule has 0 radical (unpaired) electrons. The van der Waals surface area contributed by atoms with Crippen LogP contribution in [0, 0.1) is 0 Å². The maximum atomic E-state index is 12.8. The largest absolute Gasteiger partial charge is 0.512 e. The molecule has 0 saturated heterocycles. The zero-order valence-electron chi connectivity index (χ0n) is 8.23. The summed E-state index contributed by atoms with van der Waals surface area (Å²) in [7, 11) is 0. The zero-order valence-corrected chi connectivity index (χ0v) is 8.23. The van der Waals surface area contributed by atoms with Crippen molar-refractivity contribution in [3.05, 3.63) is 24.3 Å². The normalized spacial score (nSPS) is 12.4. The molecule has 1 aromatic rings. The van der Waals surface area contributed by atoms with E-state index in [0.29, 0.717) is 12.1 Å². The van der Waals surface area contributed by atoms with Crippen LogP contribution in [-0.2, 0) is 0 Å². The van der Waals surface area contributed by atoms with Crippen LogP contribution in [0.4, 0.5) is 46.7 Å². The van der Waals surface area contributed by atoms with Gasteiger partial charge >= 0.3 is 12.6 Å². The van der Waals surface area contributed by atoms with Gasteiger partial charge in [-0.3, -0.25) is 0 Å². The first-order valence-corrected chi connectivity index (χ1v) is 4.19. The number of anilines is 2. The molecule has 2 nitrogen and oxygen atoms in total. The highest BCUT2D eigenvalue weighted by Crippen LogP contribution is 2.40. The molecule has 0 N–H and O–H groups in total. The van der Waals surface area contributed by atoms with Gasteiger partial charge in [0.2, 0.25) is 0 Å². The van der Waals surface area contributed by atoms with Crippen LogP contribution in [0.2, 0.25) is 0 Å². The van der Waals surface area contributed by atoms with Crippen molar-refractivity contribution in [2.45, 2.75) is 12.6 Å². The van der Waals surface area contributed by atoms with Crippen molar-refractivity contribution in [2.24, 2.45) is 0 Å². The Balaban J connectivity index is 3.23. The predicted octanol–water partition coefficient (Wildman–Crippen LogP) is 4.11. The summed E-state index contributed by atoms with van der Waals surface area (Å²) in [5.41, 5.74) is -3.21. The molecule has 102 valence electrons. The lowest BCUT2D eigenvalue weighted by Gasteiger charge is -2.23. The smallest absolute Gasteiger partial charge is 0.148 e. The molecule has 0 aromatic heterocycles. The standard InChI is InChI=1S/C8H4F8N2/c9-7(10,11)17(15)5-3-1-2-4-6(5)18(16)8(12,13)14/h1-4H. The molecule has 0 atom stereocenters. The van der Waals surface area contributed by atoms with Crippen molar-refractivity contribution in [1.29, 1.82) is 0 Å². The van der Waals surface area contributed by atoms with E-state index in [-0.39, 0.29) is 0 Å². The van der Waals surface area contributed by atoms with Crippen molar-refractivity contribution >= 4 is 11.4 Å². The average Bonchev–Trinajstić information content (AvgIpc) is 2.24. The van der Waals surface area contributed by atoms with Crippen molar-refractivity contribution in [2.75, 3.05) is 10.2 Å². The van der Waals surface area contributed by atoms with Crippen LogP contribution in [0.25, 0.3) is 0 Å². The summed E-state index contributed by atoms with van der Waals surface area (Å²) in [5.74, 6) is 0. The molecule has 0 unspecified atom stereocenters. The van der Waals surface area contributed by atoms with Gasteiger partial charge in [0, 0.05) is 0 Å². The summed E-state index contributed by atoms with van der Waals surface area (Å²) in [5, 5.41) is -3.80. The van der Waals surface area contributed by atoms with Gasteiger partial charge in [0.25, 0.3) is 0 Å². The molecule has 0 aliphatic carbocycles. The van der Waals surface area contributed by atoms with Gasteiger partial charge in [0.05, 0.1) is 0 Å². The molecule has 0 bridgehead atoms. The highest BCUT2D eigenvalue weighted by atomic mass is 19.4. The fraction of sp³-hybridized carbons (Fsp3) is 0.250. The molecule has 0 amide bonds. The molecule has 1 rings (SSSR count). The number of hydrogen-bond acceptors (Lipinski definition) is 2. The molecule has 10 heteroatoms. The van der Waals surface area contributed by atoms with E-state index in [1.54, 1.807) is 0 Å². The Hall–Kier alpha value is -1.74. The van der Waals surface area contributed by atoms with E-state index in [1.807, 2.05) is 0 Å². The van der Waals surface area contributed by atoms with Gasteiger partial charge in [0.1, 0.15) is 11.4 Å². The zero-order chi connectivity index (χ0) is 14.1. The number of alkyl halides is 6. The second-order valence-electron chi connectivity index (χ2n) is 2.99. The van der Waals surface area contributed by atoms with Gasteiger partial charge in [-0.1, -0.05) is 21.1 Å². The Morgan fingerprint density at radius 1 is 0.667 bits per heavy atom. The second-order valence-corrected chi connectivity index (χ2v) is 2.99. The Bertz CT molecular complexity index is 373. The van der Waals surface area contributed by atoms with E-state index in [0.717, 1.165) is 12.1 Å². The maximum absolute atomic E-state index is 12.8. The summed E-state index contributed by atoms with van der Waals surface area (Å²) in [6.07, 6.45) is -11.2. The van der Waals surface area contributed by atoms with E-state index in [4.69, 9.17) is 0 Å². The number of benzene rings is 1. The van der Waals surface area contributed by atoms with Crippen LogP contribution in [0.15, 0.2) is 24.3 Å². The van der Waals surface area contributed by atoms with Crippen LogP contribution in [0.5, 0.6) is 0 Å². The summed E-state index contributed by atoms with van der Waals surface area (Å²) in [6, 6.07) is 2.39. The van der Waals surface area contributed by atoms with Crippen molar-refractivity contribution in [3.8, 4) is 0 Å². The quantitative estimate of drug-likeness (QED) is 0.457. The molecule has 0 aliphatic heterocycles. The first kappa shape index (κ1) is 14.3. The third-order valence-electron chi connectivity index (χ3n) is 1.75. The number of halogens is 8. The minimum Gasteiger partial charge on any atom is -0.148 e. The van der Waals surface area contributed by atoms with Crippen molar-refractivity contribution < 1.29 is 35.3 Å². The fourth-order valence-electron chi connectivity index (χ4n) is 1.07. The molecular weight excluding hydrogens is 276 g/mol. The molecule has 0 aliphatic rings. The topological polar surface area (TPSA) is 6.48 Å². The first-order valence-electron chi connectivity index (χ1n) is 4.19. The fourth-order valence-corrected chi connectivity index (χ4v) is 1.07. The SMILES string of the molecule is FN(c1ccccc1N(F)C(F)(F)F)C(F)(F)F. The third kappa shape index (κ3) is 2.93. The van der Waals surface area contributed by atoms with Crippen LogP contribution < -0.4 is 10.2 Å². The van der Waals surface area contributed by atoms with E-state index in [2.05, 4.69) is 0 Å². The maximum Gasteiger partial charge on any atom is 0.512 e. The Kier molecular flexibility index (Phi) is 3.58. The molecule has 0 heterocycles. The molecule has 0 saturated carbocycles. The first-order chi connectivity index (χ1) is 8.05. The highest BCUT2D eigenvalue weighted by Gasteiger charge is 2.45. The Morgan fingerprint density at radius 2 is 0.944 bits per heavy atom. The van der Waals surface area contributed by atoms with Crippen LogP contribution in [0.1, 0.15) is 0 Å². The molecule has 0 spiro atoms. The molecule has 1 aromatic carbocycles. The summed E-state index contributed by atoms with van der Waals surface area (Å²) in [6.45, 7) is 0. The average molecular weight is 280 g/mol. The molecule has 18 heavy (non-hydrogen) atoms. The Labute approximate surface area is 94.9 Å².